The van der Waals surface area contributed by atoms with Crippen LogP contribution in [-0.2, 0) is 29.7 Å². The molecule has 0 spiro atoms. The van der Waals surface area contributed by atoms with Gasteiger partial charge < -0.3 is 9.88 Å². The SMILES string of the molecule is CCn1cc(NS(=O)(=O)c2cc(CNC)n(CC)c2)cn1. The van der Waals surface area contributed by atoms with Crippen molar-refractivity contribution in [3.8, 4) is 0 Å². The topological polar surface area (TPSA) is 81.0 Å². The number of aromatic nitrogens is 3. The molecule has 2 aromatic heterocycles. The summed E-state index contributed by atoms with van der Waals surface area (Å²) in [6.07, 6.45) is 4.83. The summed E-state index contributed by atoms with van der Waals surface area (Å²) in [4.78, 5) is 0.263. The quantitative estimate of drug-likeness (QED) is 0.806. The summed E-state index contributed by atoms with van der Waals surface area (Å²) in [5, 5.41) is 7.09. The van der Waals surface area contributed by atoms with Crippen molar-refractivity contribution < 1.29 is 8.42 Å². The number of hydrogen-bond donors (Lipinski definition) is 2. The van der Waals surface area contributed by atoms with Gasteiger partial charge in [0, 0.05) is 37.7 Å². The molecule has 2 aromatic rings. The number of aryl methyl sites for hydroxylation is 2. The van der Waals surface area contributed by atoms with Crippen LogP contribution in [0.1, 0.15) is 19.5 Å². The first-order chi connectivity index (χ1) is 10.00. The molecule has 2 N–H and O–H groups in total. The minimum Gasteiger partial charge on any atom is -0.349 e. The van der Waals surface area contributed by atoms with Crippen molar-refractivity contribution in [2.24, 2.45) is 0 Å². The van der Waals surface area contributed by atoms with Crippen LogP contribution in [0.5, 0.6) is 0 Å². The van der Waals surface area contributed by atoms with Crippen LogP contribution in [0, 0.1) is 0 Å². The Morgan fingerprint density at radius 1 is 1.24 bits per heavy atom. The van der Waals surface area contributed by atoms with Crippen LogP contribution >= 0.6 is 0 Å². The number of nitrogens with one attached hydrogen (secondary N) is 2. The fourth-order valence-electron chi connectivity index (χ4n) is 2.10. The molecule has 0 bridgehead atoms. The van der Waals surface area contributed by atoms with Gasteiger partial charge in [-0.2, -0.15) is 5.10 Å². The van der Waals surface area contributed by atoms with Crippen LogP contribution in [0.25, 0.3) is 0 Å². The standard InChI is InChI=1S/C13H21N5O2S/c1-4-17-10-13(6-12(17)8-14-3)21(19,20)16-11-7-15-18(5-2)9-11/h6-7,9-10,14,16H,4-5,8H2,1-3H3. The number of hydrogen-bond acceptors (Lipinski definition) is 4. The first kappa shape index (κ1) is 15.6. The van der Waals surface area contributed by atoms with E-state index in [0.29, 0.717) is 18.8 Å². The first-order valence-electron chi connectivity index (χ1n) is 6.89. The lowest BCUT2D eigenvalue weighted by Gasteiger charge is -2.04. The van der Waals surface area contributed by atoms with Crippen molar-refractivity contribution >= 4 is 15.7 Å². The average molecular weight is 311 g/mol. The van der Waals surface area contributed by atoms with Crippen LogP contribution in [0.15, 0.2) is 29.6 Å². The number of nitrogens with zero attached hydrogens (tertiary/aromatic N) is 3. The van der Waals surface area contributed by atoms with E-state index in [1.807, 2.05) is 25.5 Å². The maximum atomic E-state index is 12.4. The number of anilines is 1. The van der Waals surface area contributed by atoms with Crippen molar-refractivity contribution in [2.45, 2.75) is 38.4 Å². The predicted molar refractivity (Wildman–Crippen MR) is 81.6 cm³/mol. The van der Waals surface area contributed by atoms with E-state index in [-0.39, 0.29) is 4.90 Å². The summed E-state index contributed by atoms with van der Waals surface area (Å²) < 4.78 is 30.9. The maximum Gasteiger partial charge on any atom is 0.263 e. The molecular weight excluding hydrogens is 290 g/mol. The smallest absolute Gasteiger partial charge is 0.263 e. The minimum atomic E-state index is -3.59. The fraction of sp³-hybridized carbons (Fsp3) is 0.462. The second-order valence-corrected chi connectivity index (χ2v) is 6.36. The van der Waals surface area contributed by atoms with Crippen molar-refractivity contribution in [1.82, 2.24) is 19.7 Å². The van der Waals surface area contributed by atoms with Crippen molar-refractivity contribution in [3.63, 3.8) is 0 Å². The predicted octanol–water partition coefficient (Wildman–Crippen LogP) is 1.24. The molecule has 0 radical (unpaired) electrons. The van der Waals surface area contributed by atoms with Crippen molar-refractivity contribution in [2.75, 3.05) is 11.8 Å². The molecule has 0 atom stereocenters. The molecule has 21 heavy (non-hydrogen) atoms. The van der Waals surface area contributed by atoms with Gasteiger partial charge in [0.05, 0.1) is 11.9 Å². The van der Waals surface area contributed by atoms with Gasteiger partial charge in [-0.3, -0.25) is 9.40 Å². The zero-order chi connectivity index (χ0) is 15.5. The number of rotatable bonds is 7. The molecule has 0 saturated carbocycles. The third-order valence-electron chi connectivity index (χ3n) is 3.18. The molecule has 0 aliphatic rings. The van der Waals surface area contributed by atoms with Gasteiger partial charge in [-0.1, -0.05) is 0 Å². The summed E-state index contributed by atoms with van der Waals surface area (Å²) >= 11 is 0. The Kier molecular flexibility index (Phi) is 4.69. The van der Waals surface area contributed by atoms with Gasteiger partial charge in [-0.25, -0.2) is 8.42 Å². The Hall–Kier alpha value is -1.80. The Labute approximate surface area is 125 Å². The fourth-order valence-corrected chi connectivity index (χ4v) is 3.19. The average Bonchev–Trinajstić information content (AvgIpc) is 3.05. The molecule has 8 heteroatoms. The molecule has 0 fully saturated rings. The molecule has 0 amide bonds. The third kappa shape index (κ3) is 3.45. The van der Waals surface area contributed by atoms with E-state index in [9.17, 15) is 8.42 Å². The zero-order valence-corrected chi connectivity index (χ0v) is 13.3. The molecular formula is C13H21N5O2S. The molecule has 0 saturated heterocycles. The van der Waals surface area contributed by atoms with Crippen LogP contribution in [0.3, 0.4) is 0 Å². The van der Waals surface area contributed by atoms with Crippen LogP contribution < -0.4 is 10.0 Å². The zero-order valence-electron chi connectivity index (χ0n) is 12.5. The second kappa shape index (κ2) is 6.31. The van der Waals surface area contributed by atoms with E-state index in [2.05, 4.69) is 15.1 Å². The molecule has 116 valence electrons. The third-order valence-corrected chi connectivity index (χ3v) is 4.53. The Bertz CT molecular complexity index is 702. The summed E-state index contributed by atoms with van der Waals surface area (Å²) in [6.45, 7) is 5.96. The lowest BCUT2D eigenvalue weighted by molar-refractivity contribution is 0.600. The van der Waals surface area contributed by atoms with Gasteiger partial charge in [0.25, 0.3) is 10.0 Å². The van der Waals surface area contributed by atoms with Crippen LogP contribution in [0.2, 0.25) is 0 Å². The van der Waals surface area contributed by atoms with E-state index in [1.54, 1.807) is 23.1 Å². The van der Waals surface area contributed by atoms with E-state index in [1.165, 1.54) is 6.20 Å². The maximum absolute atomic E-state index is 12.4. The molecule has 2 rings (SSSR count). The summed E-state index contributed by atoms with van der Waals surface area (Å²) in [5.74, 6) is 0. The highest BCUT2D eigenvalue weighted by atomic mass is 32.2. The van der Waals surface area contributed by atoms with Gasteiger partial charge in [0.2, 0.25) is 0 Å². The first-order valence-corrected chi connectivity index (χ1v) is 8.37. The van der Waals surface area contributed by atoms with E-state index >= 15 is 0 Å². The molecule has 2 heterocycles. The summed E-state index contributed by atoms with van der Waals surface area (Å²) in [7, 11) is -1.76. The molecule has 0 aromatic carbocycles. The van der Waals surface area contributed by atoms with Crippen LogP contribution in [0.4, 0.5) is 5.69 Å². The highest BCUT2D eigenvalue weighted by Gasteiger charge is 2.18. The largest absolute Gasteiger partial charge is 0.349 e. The van der Waals surface area contributed by atoms with Gasteiger partial charge in [-0.05, 0) is 27.0 Å². The van der Waals surface area contributed by atoms with E-state index < -0.39 is 10.0 Å². The van der Waals surface area contributed by atoms with Gasteiger partial charge in [0.1, 0.15) is 4.90 Å². The Balaban J connectivity index is 2.26. The van der Waals surface area contributed by atoms with E-state index in [4.69, 9.17) is 0 Å². The summed E-state index contributed by atoms with van der Waals surface area (Å²) in [5.41, 5.74) is 1.40. The van der Waals surface area contributed by atoms with Gasteiger partial charge >= 0.3 is 0 Å². The molecule has 0 unspecified atom stereocenters. The molecule has 0 aliphatic carbocycles. The highest BCUT2D eigenvalue weighted by molar-refractivity contribution is 7.92. The van der Waals surface area contributed by atoms with E-state index in [0.717, 1.165) is 12.2 Å². The minimum absolute atomic E-state index is 0.263. The monoisotopic (exact) mass is 311 g/mol. The van der Waals surface area contributed by atoms with Crippen molar-refractivity contribution in [3.05, 3.63) is 30.4 Å². The van der Waals surface area contributed by atoms with Gasteiger partial charge in [-0.15, -0.1) is 0 Å². The number of sulfonamides is 1. The van der Waals surface area contributed by atoms with Crippen LogP contribution in [-0.4, -0.2) is 29.8 Å². The van der Waals surface area contributed by atoms with Crippen molar-refractivity contribution in [1.29, 1.82) is 0 Å². The van der Waals surface area contributed by atoms with Gasteiger partial charge in [0.15, 0.2) is 0 Å². The summed E-state index contributed by atoms with van der Waals surface area (Å²) in [6, 6.07) is 1.69. The Morgan fingerprint density at radius 2 is 2.00 bits per heavy atom. The normalized spacial score (nSPS) is 11.8. The lowest BCUT2D eigenvalue weighted by atomic mass is 10.4. The highest BCUT2D eigenvalue weighted by Crippen LogP contribution is 2.18. The lowest BCUT2D eigenvalue weighted by Crippen LogP contribution is -2.11. The second-order valence-electron chi connectivity index (χ2n) is 4.67. The molecule has 0 aliphatic heterocycles. The molecule has 7 nitrogen and oxygen atoms in total. The Morgan fingerprint density at radius 3 is 2.57 bits per heavy atom.